The van der Waals surface area contributed by atoms with Crippen LogP contribution in [0.5, 0.6) is 17.2 Å². The van der Waals surface area contributed by atoms with E-state index in [2.05, 4.69) is 0 Å². The Kier molecular flexibility index (Phi) is 2.16. The van der Waals surface area contributed by atoms with Crippen molar-refractivity contribution >= 4 is 28.5 Å². The molecule has 0 aliphatic carbocycles. The molecule has 0 spiro atoms. The largest absolute Gasteiger partial charge is 0.507 e. The van der Waals surface area contributed by atoms with Crippen LogP contribution >= 0.6 is 11.8 Å². The van der Waals surface area contributed by atoms with E-state index >= 15 is 0 Å². The fourth-order valence-electron chi connectivity index (χ4n) is 1.87. The predicted octanol–water partition coefficient (Wildman–Crippen LogP) is 2.26. The summed E-state index contributed by atoms with van der Waals surface area (Å²) in [5, 5.41) is 20.5. The molecule has 17 heavy (non-hydrogen) atoms. The lowest BCUT2D eigenvalue weighted by atomic mass is 10.1. The van der Waals surface area contributed by atoms with Gasteiger partial charge < -0.3 is 14.9 Å². The van der Waals surface area contributed by atoms with E-state index < -0.39 is 0 Å². The zero-order valence-corrected chi connectivity index (χ0v) is 9.45. The molecule has 1 aliphatic heterocycles. The van der Waals surface area contributed by atoms with E-state index in [9.17, 15) is 15.0 Å². The van der Waals surface area contributed by atoms with Gasteiger partial charge in [0.1, 0.15) is 11.5 Å². The van der Waals surface area contributed by atoms with Gasteiger partial charge in [0, 0.05) is 5.39 Å². The molecule has 2 N–H and O–H groups in total. The maximum atomic E-state index is 11.3. The molecule has 0 saturated heterocycles. The van der Waals surface area contributed by atoms with Crippen molar-refractivity contribution in [2.24, 2.45) is 0 Å². The first-order chi connectivity index (χ1) is 8.16. The second-order valence-electron chi connectivity index (χ2n) is 3.69. The molecule has 0 saturated carbocycles. The van der Waals surface area contributed by atoms with Gasteiger partial charge in [0.2, 0.25) is 0 Å². The van der Waals surface area contributed by atoms with Crippen LogP contribution in [0.25, 0.3) is 10.8 Å². The molecule has 4 nitrogen and oxygen atoms in total. The number of aromatic hydroxyl groups is 2. The smallest absolute Gasteiger partial charge is 0.321 e. The second-order valence-corrected chi connectivity index (χ2v) is 4.70. The first-order valence-corrected chi connectivity index (χ1v) is 5.96. The van der Waals surface area contributed by atoms with E-state index in [-0.39, 0.29) is 23.2 Å². The van der Waals surface area contributed by atoms with Gasteiger partial charge in [-0.2, -0.15) is 0 Å². The molecule has 0 amide bonds. The molecule has 86 valence electrons. The fraction of sp³-hybridized carbons (Fsp3) is 0.0833. The van der Waals surface area contributed by atoms with Gasteiger partial charge in [-0.05, 0) is 12.1 Å². The zero-order valence-electron chi connectivity index (χ0n) is 8.64. The van der Waals surface area contributed by atoms with Crippen LogP contribution < -0.4 is 4.74 Å². The number of rotatable bonds is 0. The lowest BCUT2D eigenvalue weighted by Gasteiger charge is -2.18. The Bertz CT molecular complexity index is 636. The van der Waals surface area contributed by atoms with E-state index in [1.807, 2.05) is 0 Å². The number of thioether (sulfide) groups is 1. The Hall–Kier alpha value is -1.88. The second kappa shape index (κ2) is 3.56. The maximum Gasteiger partial charge on any atom is 0.321 e. The molecule has 5 heteroatoms. The van der Waals surface area contributed by atoms with Crippen LogP contribution in [0.4, 0.5) is 0 Å². The van der Waals surface area contributed by atoms with Gasteiger partial charge in [0.15, 0.2) is 5.75 Å². The van der Waals surface area contributed by atoms with Crippen LogP contribution in [0.2, 0.25) is 0 Å². The highest BCUT2D eigenvalue weighted by molar-refractivity contribution is 8.00. The Morgan fingerprint density at radius 1 is 1.24 bits per heavy atom. The predicted molar refractivity (Wildman–Crippen MR) is 63.6 cm³/mol. The third kappa shape index (κ3) is 1.51. The zero-order chi connectivity index (χ0) is 12.0. The van der Waals surface area contributed by atoms with Gasteiger partial charge in [-0.15, -0.1) is 11.8 Å². The molecule has 0 fully saturated rings. The SMILES string of the molecule is O=C1CSc2cc(O)c3cccc(O)c3c2O1. The topological polar surface area (TPSA) is 66.8 Å². The van der Waals surface area contributed by atoms with Crippen LogP contribution in [-0.2, 0) is 4.79 Å². The average Bonchev–Trinajstić information content (AvgIpc) is 2.30. The average molecular weight is 248 g/mol. The van der Waals surface area contributed by atoms with Gasteiger partial charge in [-0.3, -0.25) is 4.79 Å². The van der Waals surface area contributed by atoms with Gasteiger partial charge in [0.25, 0.3) is 0 Å². The van der Waals surface area contributed by atoms with Crippen LogP contribution in [0, 0.1) is 0 Å². The lowest BCUT2D eigenvalue weighted by Crippen LogP contribution is -2.15. The minimum Gasteiger partial charge on any atom is -0.507 e. The molecule has 1 aliphatic rings. The third-order valence-electron chi connectivity index (χ3n) is 2.60. The Morgan fingerprint density at radius 3 is 2.88 bits per heavy atom. The Morgan fingerprint density at radius 2 is 2.06 bits per heavy atom. The molecular weight excluding hydrogens is 240 g/mol. The van der Waals surface area contributed by atoms with Gasteiger partial charge in [-0.25, -0.2) is 0 Å². The Balaban J connectivity index is 2.42. The Labute approximate surface area is 101 Å². The number of hydrogen-bond donors (Lipinski definition) is 2. The molecule has 3 rings (SSSR count). The summed E-state index contributed by atoms with van der Waals surface area (Å²) >= 11 is 1.29. The fourth-order valence-corrected chi connectivity index (χ4v) is 2.67. The molecule has 2 aromatic carbocycles. The summed E-state index contributed by atoms with van der Waals surface area (Å²) in [6.45, 7) is 0. The first kappa shape index (κ1) is 10.3. The molecular formula is C12H8O4S. The van der Waals surface area contributed by atoms with E-state index in [0.717, 1.165) is 0 Å². The molecule has 2 aromatic rings. The van der Waals surface area contributed by atoms with Crippen molar-refractivity contribution in [3.63, 3.8) is 0 Å². The molecule has 0 atom stereocenters. The summed E-state index contributed by atoms with van der Waals surface area (Å²) in [5.74, 6) is 0.255. The molecule has 0 radical (unpaired) electrons. The summed E-state index contributed by atoms with van der Waals surface area (Å²) in [5.41, 5.74) is 0. The number of phenols is 2. The summed E-state index contributed by atoms with van der Waals surface area (Å²) in [7, 11) is 0. The standard InChI is InChI=1S/C12H8O4S/c13-7-3-1-2-6-8(14)4-9-12(11(6)7)16-10(15)5-17-9/h1-4,13-14H,5H2. The summed E-state index contributed by atoms with van der Waals surface area (Å²) in [4.78, 5) is 11.9. The number of ether oxygens (including phenoxy) is 1. The number of fused-ring (bicyclic) bond motifs is 3. The van der Waals surface area contributed by atoms with Crippen molar-refractivity contribution in [1.82, 2.24) is 0 Å². The van der Waals surface area contributed by atoms with E-state index in [1.54, 1.807) is 18.2 Å². The van der Waals surface area contributed by atoms with Crippen LogP contribution in [-0.4, -0.2) is 21.9 Å². The highest BCUT2D eigenvalue weighted by Gasteiger charge is 2.23. The quantitative estimate of drug-likeness (QED) is 0.553. The van der Waals surface area contributed by atoms with Crippen molar-refractivity contribution in [2.75, 3.05) is 5.75 Å². The first-order valence-electron chi connectivity index (χ1n) is 4.98. The van der Waals surface area contributed by atoms with Crippen molar-refractivity contribution in [3.8, 4) is 17.2 Å². The molecule has 1 heterocycles. The van der Waals surface area contributed by atoms with Crippen molar-refractivity contribution in [2.45, 2.75) is 4.90 Å². The number of carbonyl (C=O) groups is 1. The molecule has 0 unspecified atom stereocenters. The number of carbonyl (C=O) groups excluding carboxylic acids is 1. The minimum atomic E-state index is -0.349. The summed E-state index contributed by atoms with van der Waals surface area (Å²) in [6, 6.07) is 6.34. The van der Waals surface area contributed by atoms with Crippen LogP contribution in [0.1, 0.15) is 0 Å². The van der Waals surface area contributed by atoms with Crippen LogP contribution in [0.3, 0.4) is 0 Å². The molecule has 0 aromatic heterocycles. The monoisotopic (exact) mass is 248 g/mol. The van der Waals surface area contributed by atoms with Crippen molar-refractivity contribution in [1.29, 1.82) is 0 Å². The third-order valence-corrected chi connectivity index (χ3v) is 3.59. The van der Waals surface area contributed by atoms with E-state index in [0.29, 0.717) is 21.4 Å². The number of phenolic OH excluding ortho intramolecular Hbond substituents is 2. The highest BCUT2D eigenvalue weighted by Crippen LogP contribution is 2.46. The summed E-state index contributed by atoms with van der Waals surface area (Å²) in [6.07, 6.45) is 0. The number of hydrogen-bond acceptors (Lipinski definition) is 5. The van der Waals surface area contributed by atoms with Crippen molar-refractivity contribution in [3.05, 3.63) is 24.3 Å². The number of benzene rings is 2. The van der Waals surface area contributed by atoms with Crippen LogP contribution in [0.15, 0.2) is 29.2 Å². The van der Waals surface area contributed by atoms with Gasteiger partial charge in [-0.1, -0.05) is 12.1 Å². The maximum absolute atomic E-state index is 11.3. The van der Waals surface area contributed by atoms with Gasteiger partial charge in [0.05, 0.1) is 16.0 Å². The molecule has 0 bridgehead atoms. The minimum absolute atomic E-state index is 0.00931. The van der Waals surface area contributed by atoms with E-state index in [1.165, 1.54) is 17.8 Å². The number of esters is 1. The highest BCUT2D eigenvalue weighted by atomic mass is 32.2. The normalized spacial score (nSPS) is 14.5. The van der Waals surface area contributed by atoms with E-state index in [4.69, 9.17) is 4.74 Å². The van der Waals surface area contributed by atoms with Gasteiger partial charge >= 0.3 is 5.97 Å². The van der Waals surface area contributed by atoms with Crippen molar-refractivity contribution < 1.29 is 19.7 Å². The lowest BCUT2D eigenvalue weighted by molar-refractivity contribution is -0.131. The summed E-state index contributed by atoms with van der Waals surface area (Å²) < 4.78 is 5.15.